The number of carbonyl (C=O) groups is 2. The molecule has 1 aromatic rings. The Bertz CT molecular complexity index is 580. The van der Waals surface area contributed by atoms with E-state index in [0.717, 1.165) is 50.1 Å². The molecule has 1 atom stereocenters. The molecule has 1 heterocycles. The highest BCUT2D eigenvalue weighted by Gasteiger charge is 2.30. The van der Waals surface area contributed by atoms with Crippen LogP contribution in [0.2, 0.25) is 0 Å². The van der Waals surface area contributed by atoms with E-state index in [1.165, 1.54) is 0 Å². The van der Waals surface area contributed by atoms with Gasteiger partial charge >= 0.3 is 0 Å². The summed E-state index contributed by atoms with van der Waals surface area (Å²) in [5.74, 6) is 0.0349. The molecule has 0 aromatic heterocycles. The Morgan fingerprint density at radius 2 is 1.84 bits per heavy atom. The van der Waals surface area contributed by atoms with Gasteiger partial charge in [0.25, 0.3) is 0 Å². The van der Waals surface area contributed by atoms with Crippen LogP contribution in [0.15, 0.2) is 24.3 Å². The molecule has 0 saturated carbocycles. The molecule has 25 heavy (non-hydrogen) atoms. The fraction of sp³-hybridized carbons (Fsp3) is 0.600. The van der Waals surface area contributed by atoms with Gasteiger partial charge in [-0.2, -0.15) is 0 Å². The first-order valence-corrected chi connectivity index (χ1v) is 9.50. The van der Waals surface area contributed by atoms with Crippen molar-refractivity contribution in [1.82, 2.24) is 4.90 Å². The summed E-state index contributed by atoms with van der Waals surface area (Å²) in [5, 5.41) is 2.91. The lowest BCUT2D eigenvalue weighted by molar-refractivity contribution is -0.120. The highest BCUT2D eigenvalue weighted by atomic mass is 16.2. The highest BCUT2D eigenvalue weighted by Crippen LogP contribution is 2.31. The SMILES string of the molecule is CCCCN(CCCC)CC(=O)N1c2ccccc2NC(=O)C[C@H]1C. The summed E-state index contributed by atoms with van der Waals surface area (Å²) in [4.78, 5) is 29.2. The van der Waals surface area contributed by atoms with Crippen molar-refractivity contribution in [1.29, 1.82) is 0 Å². The molecule has 2 rings (SSSR count). The van der Waals surface area contributed by atoms with Crippen molar-refractivity contribution >= 4 is 23.2 Å². The number of para-hydroxylation sites is 2. The van der Waals surface area contributed by atoms with Crippen LogP contribution in [0.4, 0.5) is 11.4 Å². The minimum atomic E-state index is -0.143. The predicted molar refractivity (Wildman–Crippen MR) is 103 cm³/mol. The summed E-state index contributed by atoms with van der Waals surface area (Å²) < 4.78 is 0. The van der Waals surface area contributed by atoms with E-state index in [1.807, 2.05) is 31.2 Å². The maximum Gasteiger partial charge on any atom is 0.241 e. The number of anilines is 2. The van der Waals surface area contributed by atoms with Gasteiger partial charge < -0.3 is 10.2 Å². The second kappa shape index (κ2) is 9.56. The molecule has 0 radical (unpaired) electrons. The van der Waals surface area contributed by atoms with Crippen molar-refractivity contribution in [3.8, 4) is 0 Å². The standard InChI is InChI=1S/C20H31N3O2/c1-4-6-12-22(13-7-5-2)15-20(25)23-16(3)14-19(24)21-17-10-8-9-11-18(17)23/h8-11,16H,4-7,12-15H2,1-3H3,(H,21,24)/t16-/m1/s1. The van der Waals surface area contributed by atoms with Crippen molar-refractivity contribution in [2.45, 2.75) is 58.9 Å². The van der Waals surface area contributed by atoms with Gasteiger partial charge in [0, 0.05) is 12.5 Å². The van der Waals surface area contributed by atoms with Gasteiger partial charge in [0.2, 0.25) is 11.8 Å². The zero-order valence-corrected chi connectivity index (χ0v) is 15.8. The molecule has 1 N–H and O–H groups in total. The molecule has 0 unspecified atom stereocenters. The van der Waals surface area contributed by atoms with Crippen LogP contribution in [0, 0.1) is 0 Å². The van der Waals surface area contributed by atoms with E-state index in [9.17, 15) is 9.59 Å². The number of unbranched alkanes of at least 4 members (excludes halogenated alkanes) is 2. The quantitative estimate of drug-likeness (QED) is 0.782. The maximum atomic E-state index is 13.1. The Hall–Kier alpha value is -1.88. The average Bonchev–Trinajstić information content (AvgIpc) is 2.71. The first kappa shape index (κ1) is 19.4. The highest BCUT2D eigenvalue weighted by molar-refractivity contribution is 6.04. The molecule has 1 aromatic carbocycles. The van der Waals surface area contributed by atoms with E-state index in [4.69, 9.17) is 0 Å². The lowest BCUT2D eigenvalue weighted by atomic mass is 10.1. The van der Waals surface area contributed by atoms with E-state index in [-0.39, 0.29) is 17.9 Å². The van der Waals surface area contributed by atoms with Crippen LogP contribution >= 0.6 is 0 Å². The third-order valence-corrected chi connectivity index (χ3v) is 4.64. The van der Waals surface area contributed by atoms with Gasteiger partial charge in [-0.3, -0.25) is 14.5 Å². The van der Waals surface area contributed by atoms with E-state index < -0.39 is 0 Å². The van der Waals surface area contributed by atoms with Gasteiger partial charge in [-0.15, -0.1) is 0 Å². The number of nitrogens with zero attached hydrogens (tertiary/aromatic N) is 2. The Morgan fingerprint density at radius 3 is 2.48 bits per heavy atom. The van der Waals surface area contributed by atoms with Gasteiger partial charge in [-0.05, 0) is 45.0 Å². The third-order valence-electron chi connectivity index (χ3n) is 4.64. The maximum absolute atomic E-state index is 13.1. The summed E-state index contributed by atoms with van der Waals surface area (Å²) in [5.41, 5.74) is 1.52. The Kier molecular flexibility index (Phi) is 7.44. The van der Waals surface area contributed by atoms with E-state index in [0.29, 0.717) is 13.0 Å². The van der Waals surface area contributed by atoms with Crippen molar-refractivity contribution < 1.29 is 9.59 Å². The van der Waals surface area contributed by atoms with Crippen molar-refractivity contribution in [3.05, 3.63) is 24.3 Å². The molecule has 0 aliphatic carbocycles. The number of rotatable bonds is 8. The Balaban J connectivity index is 2.18. The molecule has 2 amide bonds. The van der Waals surface area contributed by atoms with Crippen molar-refractivity contribution in [3.63, 3.8) is 0 Å². The number of hydrogen-bond donors (Lipinski definition) is 1. The van der Waals surface area contributed by atoms with Crippen LogP contribution < -0.4 is 10.2 Å². The molecule has 138 valence electrons. The minimum Gasteiger partial charge on any atom is -0.324 e. The van der Waals surface area contributed by atoms with Gasteiger partial charge in [0.1, 0.15) is 0 Å². The lowest BCUT2D eigenvalue weighted by Gasteiger charge is -2.31. The first-order chi connectivity index (χ1) is 12.1. The van der Waals surface area contributed by atoms with Crippen molar-refractivity contribution in [2.75, 3.05) is 29.9 Å². The van der Waals surface area contributed by atoms with Gasteiger partial charge in [0.15, 0.2) is 0 Å². The summed E-state index contributed by atoms with van der Waals surface area (Å²) in [6.45, 7) is 8.59. The number of benzene rings is 1. The third kappa shape index (κ3) is 5.30. The summed E-state index contributed by atoms with van der Waals surface area (Å²) in [7, 11) is 0. The second-order valence-corrected chi connectivity index (χ2v) is 6.87. The first-order valence-electron chi connectivity index (χ1n) is 9.50. The van der Waals surface area contributed by atoms with E-state index in [1.54, 1.807) is 4.90 Å². The Labute approximate surface area is 151 Å². The van der Waals surface area contributed by atoms with Crippen LogP contribution in [0.5, 0.6) is 0 Å². The summed E-state index contributed by atoms with van der Waals surface area (Å²) >= 11 is 0. The van der Waals surface area contributed by atoms with E-state index in [2.05, 4.69) is 24.1 Å². The molecular weight excluding hydrogens is 314 g/mol. The smallest absolute Gasteiger partial charge is 0.241 e. The van der Waals surface area contributed by atoms with Crippen LogP contribution in [0.3, 0.4) is 0 Å². The number of amides is 2. The van der Waals surface area contributed by atoms with Gasteiger partial charge in [-0.1, -0.05) is 38.8 Å². The molecule has 5 heteroatoms. The monoisotopic (exact) mass is 345 g/mol. The molecule has 0 spiro atoms. The molecule has 1 aliphatic heterocycles. The number of fused-ring (bicyclic) bond motifs is 1. The number of hydrogen-bond acceptors (Lipinski definition) is 3. The second-order valence-electron chi connectivity index (χ2n) is 6.87. The molecule has 0 saturated heterocycles. The van der Waals surface area contributed by atoms with Crippen LogP contribution in [-0.2, 0) is 9.59 Å². The zero-order valence-electron chi connectivity index (χ0n) is 15.8. The molecular formula is C20H31N3O2. The molecule has 1 aliphatic rings. The van der Waals surface area contributed by atoms with Crippen LogP contribution in [0.25, 0.3) is 0 Å². The van der Waals surface area contributed by atoms with Crippen LogP contribution in [0.1, 0.15) is 52.9 Å². The topological polar surface area (TPSA) is 52.7 Å². The largest absolute Gasteiger partial charge is 0.324 e. The molecule has 0 bridgehead atoms. The fourth-order valence-electron chi connectivity index (χ4n) is 3.27. The van der Waals surface area contributed by atoms with Gasteiger partial charge in [0.05, 0.1) is 17.9 Å². The average molecular weight is 345 g/mol. The zero-order chi connectivity index (χ0) is 18.2. The Morgan fingerprint density at radius 1 is 1.20 bits per heavy atom. The predicted octanol–water partition coefficient (Wildman–Crippen LogP) is 3.65. The minimum absolute atomic E-state index is 0.0379. The number of carbonyl (C=O) groups excluding carboxylic acids is 2. The number of nitrogens with one attached hydrogen (secondary N) is 1. The molecule has 5 nitrogen and oxygen atoms in total. The van der Waals surface area contributed by atoms with Crippen molar-refractivity contribution in [2.24, 2.45) is 0 Å². The molecule has 0 fully saturated rings. The normalized spacial score (nSPS) is 17.2. The summed E-state index contributed by atoms with van der Waals surface area (Å²) in [6.07, 6.45) is 4.77. The van der Waals surface area contributed by atoms with Gasteiger partial charge in [-0.25, -0.2) is 0 Å². The lowest BCUT2D eigenvalue weighted by Crippen LogP contribution is -2.45. The summed E-state index contributed by atoms with van der Waals surface area (Å²) in [6, 6.07) is 7.42. The van der Waals surface area contributed by atoms with Crippen LogP contribution in [-0.4, -0.2) is 42.4 Å². The van der Waals surface area contributed by atoms with E-state index >= 15 is 0 Å². The fourth-order valence-corrected chi connectivity index (χ4v) is 3.27.